The molecule has 2 amide bonds. The molecule has 2 aromatic carbocycles. The first kappa shape index (κ1) is 18.2. The van der Waals surface area contributed by atoms with Crippen LogP contribution in [-0.4, -0.2) is 38.1 Å². The maximum Gasteiger partial charge on any atom is 0.255 e. The predicted molar refractivity (Wildman–Crippen MR) is 103 cm³/mol. The topological polar surface area (TPSA) is 70.7 Å². The Morgan fingerprint density at radius 3 is 2.58 bits per heavy atom. The Labute approximate surface area is 157 Å². The van der Waals surface area contributed by atoms with Gasteiger partial charge in [0.25, 0.3) is 5.91 Å². The number of ether oxygens (including phenoxy) is 1. The van der Waals surface area contributed by atoms with Crippen molar-refractivity contribution in [2.45, 2.75) is 6.92 Å². The third-order valence-electron chi connectivity index (χ3n) is 4.00. The summed E-state index contributed by atoms with van der Waals surface area (Å²) in [6, 6.07) is 12.2. The lowest BCUT2D eigenvalue weighted by atomic mass is 10.1. The van der Waals surface area contributed by atoms with Crippen LogP contribution in [0.15, 0.2) is 42.5 Å². The number of carbonyl (C=O) groups excluding carboxylic acids is 2. The van der Waals surface area contributed by atoms with Crippen LogP contribution in [0, 0.1) is 0 Å². The highest BCUT2D eigenvalue weighted by molar-refractivity contribution is 6.31. The molecule has 1 aliphatic heterocycles. The third-order valence-corrected chi connectivity index (χ3v) is 4.24. The third kappa shape index (κ3) is 4.53. The number of benzene rings is 2. The molecule has 0 spiro atoms. The van der Waals surface area contributed by atoms with Gasteiger partial charge in [-0.25, -0.2) is 0 Å². The van der Waals surface area contributed by atoms with Crippen molar-refractivity contribution in [1.29, 1.82) is 0 Å². The van der Waals surface area contributed by atoms with E-state index in [0.717, 1.165) is 18.8 Å². The molecule has 7 heteroatoms. The first-order chi connectivity index (χ1) is 12.5. The van der Waals surface area contributed by atoms with Crippen LogP contribution >= 0.6 is 11.6 Å². The fraction of sp³-hybridized carbons (Fsp3) is 0.263. The van der Waals surface area contributed by atoms with Crippen molar-refractivity contribution >= 4 is 40.5 Å². The van der Waals surface area contributed by atoms with Crippen molar-refractivity contribution in [1.82, 2.24) is 0 Å². The van der Waals surface area contributed by atoms with Crippen LogP contribution in [0.25, 0.3) is 0 Å². The van der Waals surface area contributed by atoms with Gasteiger partial charge in [0.1, 0.15) is 0 Å². The van der Waals surface area contributed by atoms with Crippen LogP contribution in [-0.2, 0) is 9.53 Å². The Bertz CT molecular complexity index is 819. The van der Waals surface area contributed by atoms with Crippen LogP contribution in [0.4, 0.5) is 17.1 Å². The zero-order chi connectivity index (χ0) is 18.5. The maximum absolute atomic E-state index is 12.7. The normalized spacial score (nSPS) is 14.0. The molecule has 1 heterocycles. The highest BCUT2D eigenvalue weighted by Gasteiger charge is 2.17. The van der Waals surface area contributed by atoms with E-state index < -0.39 is 0 Å². The molecule has 0 aromatic heterocycles. The Morgan fingerprint density at radius 1 is 1.08 bits per heavy atom. The van der Waals surface area contributed by atoms with E-state index in [1.165, 1.54) is 6.92 Å². The molecule has 0 bridgehead atoms. The molecule has 2 aromatic rings. The number of amides is 2. The number of anilines is 3. The van der Waals surface area contributed by atoms with Gasteiger partial charge in [0.05, 0.1) is 24.6 Å². The van der Waals surface area contributed by atoms with Gasteiger partial charge in [-0.15, -0.1) is 0 Å². The van der Waals surface area contributed by atoms with Gasteiger partial charge in [-0.05, 0) is 36.4 Å². The fourth-order valence-corrected chi connectivity index (χ4v) is 3.00. The highest BCUT2D eigenvalue weighted by Crippen LogP contribution is 2.30. The van der Waals surface area contributed by atoms with Crippen molar-refractivity contribution < 1.29 is 14.3 Å². The maximum atomic E-state index is 12.7. The zero-order valence-corrected chi connectivity index (χ0v) is 15.2. The Morgan fingerprint density at radius 2 is 1.85 bits per heavy atom. The van der Waals surface area contributed by atoms with Gasteiger partial charge in [0.2, 0.25) is 5.91 Å². The number of morpholine rings is 1. The lowest BCUT2D eigenvalue weighted by Gasteiger charge is -2.30. The van der Waals surface area contributed by atoms with E-state index in [1.807, 2.05) is 6.07 Å². The number of hydrogen-bond donors (Lipinski definition) is 2. The van der Waals surface area contributed by atoms with Gasteiger partial charge in [-0.2, -0.15) is 0 Å². The highest BCUT2D eigenvalue weighted by atomic mass is 35.5. The van der Waals surface area contributed by atoms with E-state index in [9.17, 15) is 9.59 Å². The number of hydrogen-bond acceptors (Lipinski definition) is 4. The molecule has 0 aliphatic carbocycles. The summed E-state index contributed by atoms with van der Waals surface area (Å²) in [4.78, 5) is 26.0. The molecule has 136 valence electrons. The molecule has 2 N–H and O–H groups in total. The van der Waals surface area contributed by atoms with Gasteiger partial charge in [-0.1, -0.05) is 17.7 Å². The number of nitrogens with zero attached hydrogens (tertiary/aromatic N) is 1. The summed E-state index contributed by atoms with van der Waals surface area (Å²) >= 11 is 6.13. The van der Waals surface area contributed by atoms with Crippen LogP contribution in [0.3, 0.4) is 0 Å². The molecule has 1 fully saturated rings. The monoisotopic (exact) mass is 373 g/mol. The Kier molecular flexibility index (Phi) is 5.75. The van der Waals surface area contributed by atoms with E-state index in [-0.39, 0.29) is 11.8 Å². The van der Waals surface area contributed by atoms with E-state index in [4.69, 9.17) is 16.3 Å². The first-order valence-corrected chi connectivity index (χ1v) is 8.72. The molecule has 1 aliphatic rings. The molecule has 26 heavy (non-hydrogen) atoms. The zero-order valence-electron chi connectivity index (χ0n) is 14.4. The summed E-state index contributed by atoms with van der Waals surface area (Å²) in [7, 11) is 0. The second-order valence-corrected chi connectivity index (χ2v) is 6.41. The second kappa shape index (κ2) is 8.21. The van der Waals surface area contributed by atoms with Crippen LogP contribution in [0.1, 0.15) is 17.3 Å². The minimum atomic E-state index is -0.269. The SMILES string of the molecule is CC(=O)Nc1cccc(C(=O)Nc2cc(Cl)ccc2N2CCOCC2)c1. The smallest absolute Gasteiger partial charge is 0.255 e. The average molecular weight is 374 g/mol. The molecule has 1 saturated heterocycles. The quantitative estimate of drug-likeness (QED) is 0.861. The van der Waals surface area contributed by atoms with Crippen molar-refractivity contribution in [3.05, 3.63) is 53.1 Å². The van der Waals surface area contributed by atoms with Gasteiger partial charge >= 0.3 is 0 Å². The predicted octanol–water partition coefficient (Wildman–Crippen LogP) is 3.39. The number of carbonyl (C=O) groups is 2. The largest absolute Gasteiger partial charge is 0.378 e. The lowest BCUT2D eigenvalue weighted by Crippen LogP contribution is -2.36. The number of nitrogens with one attached hydrogen (secondary N) is 2. The summed E-state index contributed by atoms with van der Waals surface area (Å²) < 4.78 is 5.39. The van der Waals surface area contributed by atoms with Gasteiger partial charge in [0, 0.05) is 36.3 Å². The summed E-state index contributed by atoms with van der Waals surface area (Å²) in [5.74, 6) is -0.457. The lowest BCUT2D eigenvalue weighted by molar-refractivity contribution is -0.114. The standard InChI is InChI=1S/C19H20ClN3O3/c1-13(24)21-16-4-2-3-14(11-16)19(25)22-17-12-15(20)5-6-18(17)23-7-9-26-10-8-23/h2-6,11-12H,7-10H2,1H3,(H,21,24)(H,22,25). The minimum Gasteiger partial charge on any atom is -0.378 e. The van der Waals surface area contributed by atoms with Crippen molar-refractivity contribution in [3.63, 3.8) is 0 Å². The Balaban J connectivity index is 1.82. The van der Waals surface area contributed by atoms with E-state index in [0.29, 0.717) is 35.2 Å². The van der Waals surface area contributed by atoms with Gasteiger partial charge in [-0.3, -0.25) is 9.59 Å². The summed E-state index contributed by atoms with van der Waals surface area (Å²) in [5, 5.41) is 6.15. The molecule has 3 rings (SSSR count). The summed E-state index contributed by atoms with van der Waals surface area (Å²) in [6.45, 7) is 4.22. The van der Waals surface area contributed by atoms with Crippen LogP contribution in [0.2, 0.25) is 5.02 Å². The Hall–Kier alpha value is -2.57. The number of halogens is 1. The summed E-state index contributed by atoms with van der Waals surface area (Å²) in [6.07, 6.45) is 0. The molecule has 0 saturated carbocycles. The van der Waals surface area contributed by atoms with Crippen molar-refractivity contribution in [3.8, 4) is 0 Å². The van der Waals surface area contributed by atoms with Gasteiger partial charge < -0.3 is 20.3 Å². The van der Waals surface area contributed by atoms with Crippen molar-refractivity contribution in [2.75, 3.05) is 41.8 Å². The minimum absolute atomic E-state index is 0.188. The molecule has 6 nitrogen and oxygen atoms in total. The molecular weight excluding hydrogens is 354 g/mol. The van der Waals surface area contributed by atoms with E-state index >= 15 is 0 Å². The van der Waals surface area contributed by atoms with Crippen LogP contribution in [0.5, 0.6) is 0 Å². The average Bonchev–Trinajstić information content (AvgIpc) is 2.62. The van der Waals surface area contributed by atoms with E-state index in [1.54, 1.807) is 36.4 Å². The fourth-order valence-electron chi connectivity index (χ4n) is 2.82. The van der Waals surface area contributed by atoms with Crippen molar-refractivity contribution in [2.24, 2.45) is 0 Å². The number of rotatable bonds is 4. The van der Waals surface area contributed by atoms with E-state index in [2.05, 4.69) is 15.5 Å². The molecular formula is C19H20ClN3O3. The second-order valence-electron chi connectivity index (χ2n) is 5.98. The van der Waals surface area contributed by atoms with Gasteiger partial charge in [0.15, 0.2) is 0 Å². The first-order valence-electron chi connectivity index (χ1n) is 8.34. The molecule has 0 radical (unpaired) electrons. The van der Waals surface area contributed by atoms with Crippen LogP contribution < -0.4 is 15.5 Å². The molecule has 0 atom stereocenters. The summed E-state index contributed by atoms with van der Waals surface area (Å²) in [5.41, 5.74) is 2.58. The molecule has 0 unspecified atom stereocenters.